The van der Waals surface area contributed by atoms with Crippen LogP contribution in [0.25, 0.3) is 10.9 Å². The SMILES string of the molecule is O=C(CCCc1c[nH]c2ccccc12)Nc1nn(Cc2c(F)cccc2Cl)cc1Cl. The first-order chi connectivity index (χ1) is 14.5. The van der Waals surface area contributed by atoms with Crippen molar-refractivity contribution in [2.24, 2.45) is 0 Å². The normalized spacial score (nSPS) is 11.2. The van der Waals surface area contributed by atoms with Gasteiger partial charge in [0.05, 0.1) is 6.54 Å². The largest absolute Gasteiger partial charge is 0.361 e. The second-order valence-electron chi connectivity index (χ2n) is 6.98. The van der Waals surface area contributed by atoms with Gasteiger partial charge in [-0.2, -0.15) is 5.10 Å². The Morgan fingerprint density at radius 2 is 1.97 bits per heavy atom. The lowest BCUT2D eigenvalue weighted by Crippen LogP contribution is -2.13. The summed E-state index contributed by atoms with van der Waals surface area (Å²) in [7, 11) is 0. The number of nitrogens with zero attached hydrogens (tertiary/aromatic N) is 2. The van der Waals surface area contributed by atoms with Crippen molar-refractivity contribution in [3.63, 3.8) is 0 Å². The first-order valence-corrected chi connectivity index (χ1v) is 10.3. The summed E-state index contributed by atoms with van der Waals surface area (Å²) in [6, 6.07) is 12.6. The molecule has 30 heavy (non-hydrogen) atoms. The van der Waals surface area contributed by atoms with E-state index in [2.05, 4.69) is 21.5 Å². The number of para-hydroxylation sites is 1. The van der Waals surface area contributed by atoms with Gasteiger partial charge in [0.25, 0.3) is 0 Å². The molecule has 1 amide bonds. The Kier molecular flexibility index (Phi) is 6.06. The first kappa shape index (κ1) is 20.4. The number of H-pyrrole nitrogens is 1. The molecule has 0 aliphatic carbocycles. The van der Waals surface area contributed by atoms with Gasteiger partial charge in [-0.25, -0.2) is 4.39 Å². The highest BCUT2D eigenvalue weighted by Gasteiger charge is 2.14. The Morgan fingerprint density at radius 3 is 2.80 bits per heavy atom. The number of carbonyl (C=O) groups excluding carboxylic acids is 1. The fourth-order valence-corrected chi connectivity index (χ4v) is 3.80. The Hall–Kier alpha value is -2.83. The lowest BCUT2D eigenvalue weighted by Gasteiger charge is -2.06. The quantitative estimate of drug-likeness (QED) is 0.377. The number of amides is 1. The molecule has 2 N–H and O–H groups in total. The molecule has 5 nitrogen and oxygen atoms in total. The zero-order chi connectivity index (χ0) is 21.1. The van der Waals surface area contributed by atoms with Crippen LogP contribution < -0.4 is 5.32 Å². The van der Waals surface area contributed by atoms with Gasteiger partial charge in [0.2, 0.25) is 5.91 Å². The minimum Gasteiger partial charge on any atom is -0.361 e. The predicted molar refractivity (Wildman–Crippen MR) is 118 cm³/mol. The van der Waals surface area contributed by atoms with Crippen molar-refractivity contribution >= 4 is 45.8 Å². The van der Waals surface area contributed by atoms with Gasteiger partial charge < -0.3 is 10.3 Å². The third kappa shape index (κ3) is 4.50. The van der Waals surface area contributed by atoms with Crippen LogP contribution in [0.2, 0.25) is 10.0 Å². The summed E-state index contributed by atoms with van der Waals surface area (Å²) in [5.74, 6) is -0.343. The lowest BCUT2D eigenvalue weighted by atomic mass is 10.1. The van der Waals surface area contributed by atoms with E-state index in [1.165, 1.54) is 27.9 Å². The zero-order valence-electron chi connectivity index (χ0n) is 16.0. The minimum absolute atomic E-state index is 0.113. The van der Waals surface area contributed by atoms with Gasteiger partial charge >= 0.3 is 0 Å². The molecule has 2 heterocycles. The summed E-state index contributed by atoms with van der Waals surface area (Å²) in [5.41, 5.74) is 2.58. The van der Waals surface area contributed by atoms with E-state index >= 15 is 0 Å². The molecule has 0 bridgehead atoms. The highest BCUT2D eigenvalue weighted by molar-refractivity contribution is 6.33. The van der Waals surface area contributed by atoms with Crippen LogP contribution >= 0.6 is 23.2 Å². The summed E-state index contributed by atoms with van der Waals surface area (Å²) in [5, 5.41) is 8.74. The lowest BCUT2D eigenvalue weighted by molar-refractivity contribution is -0.116. The van der Waals surface area contributed by atoms with Crippen LogP contribution in [0.1, 0.15) is 24.0 Å². The summed E-state index contributed by atoms with van der Waals surface area (Å²) in [4.78, 5) is 15.6. The summed E-state index contributed by atoms with van der Waals surface area (Å²) >= 11 is 12.2. The molecule has 0 atom stereocenters. The Bertz CT molecular complexity index is 1180. The summed E-state index contributed by atoms with van der Waals surface area (Å²) in [6.07, 6.45) is 5.32. The van der Waals surface area contributed by atoms with Crippen LogP contribution in [0.5, 0.6) is 0 Å². The highest BCUT2D eigenvalue weighted by Crippen LogP contribution is 2.24. The molecule has 0 saturated heterocycles. The molecule has 0 spiro atoms. The fourth-order valence-electron chi connectivity index (χ4n) is 3.38. The fraction of sp³-hybridized carbons (Fsp3) is 0.182. The van der Waals surface area contributed by atoms with Gasteiger partial charge in [-0.3, -0.25) is 9.48 Å². The van der Waals surface area contributed by atoms with Crippen LogP contribution in [-0.4, -0.2) is 20.7 Å². The number of aromatic amines is 1. The van der Waals surface area contributed by atoms with Gasteiger partial charge in [-0.15, -0.1) is 0 Å². The van der Waals surface area contributed by atoms with Crippen LogP contribution in [0.3, 0.4) is 0 Å². The number of hydrogen-bond donors (Lipinski definition) is 2. The van der Waals surface area contributed by atoms with Crippen molar-refractivity contribution in [3.8, 4) is 0 Å². The average molecular weight is 445 g/mol. The van der Waals surface area contributed by atoms with E-state index in [1.54, 1.807) is 12.1 Å². The molecule has 0 unspecified atom stereocenters. The number of fused-ring (bicyclic) bond motifs is 1. The second kappa shape index (κ2) is 8.90. The van der Waals surface area contributed by atoms with Crippen LogP contribution in [0, 0.1) is 5.82 Å². The molecule has 154 valence electrons. The van der Waals surface area contributed by atoms with Crippen molar-refractivity contribution in [1.82, 2.24) is 14.8 Å². The molecule has 4 aromatic rings. The Balaban J connectivity index is 1.34. The molecular formula is C22H19Cl2FN4O. The van der Waals surface area contributed by atoms with E-state index < -0.39 is 5.82 Å². The van der Waals surface area contributed by atoms with E-state index in [-0.39, 0.29) is 23.3 Å². The van der Waals surface area contributed by atoms with Gasteiger partial charge in [0.1, 0.15) is 10.8 Å². The molecular weight excluding hydrogens is 426 g/mol. The van der Waals surface area contributed by atoms with Gasteiger partial charge in [-0.05, 0) is 36.6 Å². The highest BCUT2D eigenvalue weighted by atomic mass is 35.5. The average Bonchev–Trinajstić information content (AvgIpc) is 3.28. The number of aromatic nitrogens is 3. The Morgan fingerprint density at radius 1 is 1.13 bits per heavy atom. The topological polar surface area (TPSA) is 62.7 Å². The summed E-state index contributed by atoms with van der Waals surface area (Å²) < 4.78 is 15.4. The van der Waals surface area contributed by atoms with Crippen molar-refractivity contribution in [1.29, 1.82) is 0 Å². The number of halogens is 3. The molecule has 0 aliphatic heterocycles. The first-order valence-electron chi connectivity index (χ1n) is 9.52. The molecule has 4 rings (SSSR count). The number of rotatable bonds is 7. The number of nitrogens with one attached hydrogen (secondary N) is 2. The predicted octanol–water partition coefficient (Wildman–Crippen LogP) is 5.82. The van der Waals surface area contributed by atoms with Gasteiger partial charge in [-0.1, -0.05) is 47.5 Å². The van der Waals surface area contributed by atoms with E-state index in [4.69, 9.17) is 23.2 Å². The van der Waals surface area contributed by atoms with Gasteiger partial charge in [0, 0.05) is 40.3 Å². The van der Waals surface area contributed by atoms with Crippen molar-refractivity contribution in [2.75, 3.05) is 5.32 Å². The smallest absolute Gasteiger partial charge is 0.225 e. The number of aryl methyl sites for hydroxylation is 1. The van der Waals surface area contributed by atoms with Crippen LogP contribution in [0.4, 0.5) is 10.2 Å². The van der Waals surface area contributed by atoms with E-state index in [9.17, 15) is 9.18 Å². The number of benzene rings is 2. The zero-order valence-corrected chi connectivity index (χ0v) is 17.5. The molecule has 8 heteroatoms. The maximum Gasteiger partial charge on any atom is 0.225 e. The molecule has 2 aromatic heterocycles. The number of carbonyl (C=O) groups is 1. The van der Waals surface area contributed by atoms with Crippen molar-refractivity contribution in [3.05, 3.63) is 81.8 Å². The Labute approximate surface area is 182 Å². The molecule has 0 aliphatic rings. The van der Waals surface area contributed by atoms with E-state index in [0.29, 0.717) is 23.4 Å². The maximum absolute atomic E-state index is 14.0. The standard InChI is InChI=1S/C22H19Cl2FN4O/c23-17-7-4-8-19(25)16(17)12-29-13-18(24)22(28-29)27-21(30)10-3-5-14-11-26-20-9-2-1-6-15(14)20/h1-2,4,6-9,11,13,26H,3,5,10,12H2,(H,27,28,30). The molecule has 0 fully saturated rings. The minimum atomic E-state index is -0.419. The second-order valence-corrected chi connectivity index (χ2v) is 7.80. The third-order valence-electron chi connectivity index (χ3n) is 4.88. The van der Waals surface area contributed by atoms with E-state index in [0.717, 1.165) is 11.9 Å². The molecule has 2 aromatic carbocycles. The number of anilines is 1. The van der Waals surface area contributed by atoms with Crippen LogP contribution in [-0.2, 0) is 17.8 Å². The molecule has 0 radical (unpaired) electrons. The maximum atomic E-state index is 14.0. The van der Waals surface area contributed by atoms with Crippen LogP contribution in [0.15, 0.2) is 54.9 Å². The molecule has 0 saturated carbocycles. The van der Waals surface area contributed by atoms with Crippen molar-refractivity contribution < 1.29 is 9.18 Å². The third-order valence-corrected chi connectivity index (χ3v) is 5.51. The number of hydrogen-bond acceptors (Lipinski definition) is 2. The van der Waals surface area contributed by atoms with E-state index in [1.807, 2.05) is 24.4 Å². The summed E-state index contributed by atoms with van der Waals surface area (Å²) in [6.45, 7) is 0.113. The monoisotopic (exact) mass is 444 g/mol. The van der Waals surface area contributed by atoms with Gasteiger partial charge in [0.15, 0.2) is 5.82 Å². The van der Waals surface area contributed by atoms with Crippen molar-refractivity contribution in [2.45, 2.75) is 25.8 Å².